The molecule has 1 aliphatic rings. The number of nitrogen functional groups attached to an aromatic ring is 1. The summed E-state index contributed by atoms with van der Waals surface area (Å²) in [6.07, 6.45) is 5.00. The second kappa shape index (κ2) is 4.51. The monoisotopic (exact) mass is 209 g/mol. The number of hydrogen-bond donors (Lipinski definition) is 1. The first-order valence-electron chi connectivity index (χ1n) is 5.44. The molecule has 0 aromatic heterocycles. The van der Waals surface area contributed by atoms with Crippen molar-refractivity contribution in [2.75, 3.05) is 12.3 Å². The number of ether oxygens (including phenoxy) is 1. The van der Waals surface area contributed by atoms with Crippen LogP contribution in [0.15, 0.2) is 18.2 Å². The molecule has 0 saturated heterocycles. The molecular weight excluding hydrogens is 193 g/mol. The van der Waals surface area contributed by atoms with Gasteiger partial charge in [0.05, 0.1) is 6.61 Å². The van der Waals surface area contributed by atoms with Crippen LogP contribution in [0.25, 0.3) is 0 Å². The minimum atomic E-state index is -0.404. The Balaban J connectivity index is 1.95. The first-order chi connectivity index (χ1) is 7.27. The lowest BCUT2D eigenvalue weighted by Crippen LogP contribution is -2.09. The molecule has 2 N–H and O–H groups in total. The van der Waals surface area contributed by atoms with Gasteiger partial charge in [0, 0.05) is 0 Å². The molecule has 0 radical (unpaired) electrons. The zero-order valence-electron chi connectivity index (χ0n) is 8.71. The molecule has 0 atom stereocenters. The molecule has 1 saturated carbocycles. The van der Waals surface area contributed by atoms with Gasteiger partial charge in [-0.1, -0.05) is 18.9 Å². The Kier molecular flexibility index (Phi) is 3.09. The summed E-state index contributed by atoms with van der Waals surface area (Å²) in [5.41, 5.74) is 5.69. The van der Waals surface area contributed by atoms with Crippen molar-refractivity contribution in [3.05, 3.63) is 24.0 Å². The number of anilines is 1. The maximum absolute atomic E-state index is 13.1. The number of nitrogens with two attached hydrogens (primary N) is 1. The maximum Gasteiger partial charge on any atom is 0.149 e. The quantitative estimate of drug-likeness (QED) is 0.777. The van der Waals surface area contributed by atoms with Gasteiger partial charge in [0.15, 0.2) is 0 Å². The van der Waals surface area contributed by atoms with Gasteiger partial charge in [0.25, 0.3) is 0 Å². The summed E-state index contributed by atoms with van der Waals surface area (Å²) >= 11 is 0. The van der Waals surface area contributed by atoms with Gasteiger partial charge in [0.1, 0.15) is 17.3 Å². The van der Waals surface area contributed by atoms with Gasteiger partial charge in [-0.05, 0) is 30.9 Å². The SMILES string of the molecule is Nc1c(F)cccc1OCC1CCCC1. The van der Waals surface area contributed by atoms with Crippen molar-refractivity contribution in [1.82, 2.24) is 0 Å². The van der Waals surface area contributed by atoms with Crippen molar-refractivity contribution < 1.29 is 9.13 Å². The van der Waals surface area contributed by atoms with Gasteiger partial charge in [-0.25, -0.2) is 4.39 Å². The predicted octanol–water partition coefficient (Wildman–Crippen LogP) is 2.98. The van der Waals surface area contributed by atoms with E-state index in [4.69, 9.17) is 10.5 Å². The first kappa shape index (κ1) is 10.3. The molecule has 0 unspecified atom stereocenters. The van der Waals surface area contributed by atoms with Crippen LogP contribution in [0.5, 0.6) is 5.75 Å². The predicted molar refractivity (Wildman–Crippen MR) is 58.3 cm³/mol. The molecule has 0 spiro atoms. The number of benzene rings is 1. The van der Waals surface area contributed by atoms with E-state index in [0.717, 1.165) is 0 Å². The summed E-state index contributed by atoms with van der Waals surface area (Å²) < 4.78 is 18.6. The zero-order chi connectivity index (χ0) is 10.7. The van der Waals surface area contributed by atoms with E-state index >= 15 is 0 Å². The van der Waals surface area contributed by atoms with Crippen LogP contribution in [0, 0.1) is 11.7 Å². The lowest BCUT2D eigenvalue weighted by molar-refractivity contribution is 0.252. The third kappa shape index (κ3) is 2.41. The van der Waals surface area contributed by atoms with Gasteiger partial charge in [0.2, 0.25) is 0 Å². The lowest BCUT2D eigenvalue weighted by atomic mass is 10.1. The summed E-state index contributed by atoms with van der Waals surface area (Å²) in [6.45, 7) is 0.660. The van der Waals surface area contributed by atoms with Crippen LogP contribution in [0.2, 0.25) is 0 Å². The van der Waals surface area contributed by atoms with Crippen LogP contribution in [0.1, 0.15) is 25.7 Å². The second-order valence-electron chi connectivity index (χ2n) is 4.11. The Hall–Kier alpha value is -1.25. The topological polar surface area (TPSA) is 35.2 Å². The van der Waals surface area contributed by atoms with Crippen LogP contribution in [-0.2, 0) is 0 Å². The van der Waals surface area contributed by atoms with E-state index in [1.807, 2.05) is 0 Å². The van der Waals surface area contributed by atoms with Crippen LogP contribution in [0.4, 0.5) is 10.1 Å². The van der Waals surface area contributed by atoms with Crippen molar-refractivity contribution in [3.8, 4) is 5.75 Å². The van der Waals surface area contributed by atoms with E-state index in [9.17, 15) is 4.39 Å². The Morgan fingerprint density at radius 3 is 2.80 bits per heavy atom. The molecule has 0 amide bonds. The summed E-state index contributed by atoms with van der Waals surface area (Å²) in [7, 11) is 0. The lowest BCUT2D eigenvalue weighted by Gasteiger charge is -2.12. The molecule has 2 rings (SSSR count). The van der Waals surface area contributed by atoms with Gasteiger partial charge in [-0.15, -0.1) is 0 Å². The number of hydrogen-bond acceptors (Lipinski definition) is 2. The Morgan fingerprint density at radius 2 is 2.07 bits per heavy atom. The third-order valence-electron chi connectivity index (χ3n) is 2.96. The van der Waals surface area contributed by atoms with Crippen molar-refractivity contribution >= 4 is 5.69 Å². The molecule has 2 nitrogen and oxygen atoms in total. The van der Waals surface area contributed by atoms with Crippen molar-refractivity contribution in [2.45, 2.75) is 25.7 Å². The molecule has 0 heterocycles. The average Bonchev–Trinajstić information content (AvgIpc) is 2.73. The fraction of sp³-hybridized carbons (Fsp3) is 0.500. The fourth-order valence-electron chi connectivity index (χ4n) is 2.03. The minimum Gasteiger partial charge on any atom is -0.491 e. The Morgan fingerprint density at radius 1 is 1.33 bits per heavy atom. The Bertz CT molecular complexity index is 334. The average molecular weight is 209 g/mol. The standard InChI is InChI=1S/C12H16FNO/c13-10-6-3-7-11(12(10)14)15-8-9-4-1-2-5-9/h3,6-7,9H,1-2,4-5,8,14H2. The molecular formula is C12H16FNO. The van der Waals surface area contributed by atoms with Gasteiger partial charge in [-0.3, -0.25) is 0 Å². The van der Waals surface area contributed by atoms with Crippen LogP contribution in [0.3, 0.4) is 0 Å². The molecule has 82 valence electrons. The number of para-hydroxylation sites is 1. The van der Waals surface area contributed by atoms with Crippen molar-refractivity contribution in [2.24, 2.45) is 5.92 Å². The summed E-state index contributed by atoms with van der Waals surface area (Å²) in [5, 5.41) is 0. The van der Waals surface area contributed by atoms with Gasteiger partial charge >= 0.3 is 0 Å². The summed E-state index contributed by atoms with van der Waals surface area (Å²) in [5.74, 6) is 0.688. The van der Waals surface area contributed by atoms with E-state index < -0.39 is 5.82 Å². The first-order valence-corrected chi connectivity index (χ1v) is 5.44. The van der Waals surface area contributed by atoms with E-state index in [-0.39, 0.29) is 5.69 Å². The van der Waals surface area contributed by atoms with Crippen molar-refractivity contribution in [3.63, 3.8) is 0 Å². The molecule has 1 fully saturated rings. The molecule has 1 aromatic carbocycles. The number of halogens is 1. The van der Waals surface area contributed by atoms with E-state index in [1.54, 1.807) is 12.1 Å². The normalized spacial score (nSPS) is 16.9. The molecule has 1 aromatic rings. The van der Waals surface area contributed by atoms with Crippen LogP contribution < -0.4 is 10.5 Å². The van der Waals surface area contributed by atoms with Crippen LogP contribution >= 0.6 is 0 Å². The second-order valence-corrected chi connectivity index (χ2v) is 4.11. The highest BCUT2D eigenvalue weighted by Crippen LogP contribution is 2.28. The highest BCUT2D eigenvalue weighted by atomic mass is 19.1. The molecule has 3 heteroatoms. The number of rotatable bonds is 3. The minimum absolute atomic E-state index is 0.121. The fourth-order valence-corrected chi connectivity index (χ4v) is 2.03. The summed E-state index contributed by atoms with van der Waals surface area (Å²) in [6, 6.07) is 4.68. The maximum atomic E-state index is 13.1. The zero-order valence-corrected chi connectivity index (χ0v) is 8.71. The largest absolute Gasteiger partial charge is 0.491 e. The van der Waals surface area contributed by atoms with Crippen molar-refractivity contribution in [1.29, 1.82) is 0 Å². The van der Waals surface area contributed by atoms with E-state index in [2.05, 4.69) is 0 Å². The Labute approximate surface area is 89.2 Å². The molecule has 0 aliphatic heterocycles. The van der Waals surface area contributed by atoms with E-state index in [1.165, 1.54) is 31.7 Å². The highest BCUT2D eigenvalue weighted by molar-refractivity contribution is 5.53. The van der Waals surface area contributed by atoms with Crippen LogP contribution in [-0.4, -0.2) is 6.61 Å². The van der Waals surface area contributed by atoms with Gasteiger partial charge < -0.3 is 10.5 Å². The highest BCUT2D eigenvalue weighted by Gasteiger charge is 2.16. The molecule has 1 aliphatic carbocycles. The summed E-state index contributed by atoms with van der Waals surface area (Å²) in [4.78, 5) is 0. The molecule has 0 bridgehead atoms. The van der Waals surface area contributed by atoms with Gasteiger partial charge in [-0.2, -0.15) is 0 Å². The molecule has 15 heavy (non-hydrogen) atoms. The smallest absolute Gasteiger partial charge is 0.149 e. The third-order valence-corrected chi connectivity index (χ3v) is 2.96. The van der Waals surface area contributed by atoms with E-state index in [0.29, 0.717) is 18.3 Å².